The Morgan fingerprint density at radius 1 is 1.10 bits per heavy atom. The van der Waals surface area contributed by atoms with Crippen LogP contribution >= 0.6 is 11.3 Å². The van der Waals surface area contributed by atoms with Gasteiger partial charge in [0.25, 0.3) is 10.0 Å². The number of morpholine rings is 1. The highest BCUT2D eigenvalue weighted by atomic mass is 32.2. The molecule has 2 aliphatic rings. The second-order valence-electron chi connectivity index (χ2n) is 7.69. The lowest BCUT2D eigenvalue weighted by molar-refractivity contribution is -0.120. The molecule has 2 aliphatic heterocycles. The van der Waals surface area contributed by atoms with E-state index in [2.05, 4.69) is 16.3 Å². The van der Waals surface area contributed by atoms with E-state index in [0.717, 1.165) is 44.1 Å². The van der Waals surface area contributed by atoms with Crippen LogP contribution in [0.3, 0.4) is 0 Å². The Morgan fingerprint density at radius 2 is 1.87 bits per heavy atom. The third-order valence-electron chi connectivity index (χ3n) is 5.62. The predicted molar refractivity (Wildman–Crippen MR) is 117 cm³/mol. The number of nitrogens with one attached hydrogen (secondary N) is 1. The molecule has 162 valence electrons. The Labute approximate surface area is 181 Å². The van der Waals surface area contributed by atoms with Gasteiger partial charge in [-0.25, -0.2) is 8.42 Å². The number of sulfonamides is 1. The zero-order valence-electron chi connectivity index (χ0n) is 16.8. The summed E-state index contributed by atoms with van der Waals surface area (Å²) in [7, 11) is -3.44. The fourth-order valence-corrected chi connectivity index (χ4v) is 6.52. The summed E-state index contributed by atoms with van der Waals surface area (Å²) in [5, 5.41) is 4.79. The first-order valence-corrected chi connectivity index (χ1v) is 12.6. The van der Waals surface area contributed by atoms with Crippen molar-refractivity contribution in [2.45, 2.75) is 23.6 Å². The van der Waals surface area contributed by atoms with Crippen molar-refractivity contribution in [3.63, 3.8) is 0 Å². The van der Waals surface area contributed by atoms with Crippen LogP contribution < -0.4 is 5.32 Å². The Balaban J connectivity index is 1.31. The molecule has 0 aliphatic carbocycles. The molecular formula is C21H27N3O4S2. The molecule has 4 rings (SSSR count). The van der Waals surface area contributed by atoms with E-state index in [1.807, 2.05) is 18.2 Å². The summed E-state index contributed by atoms with van der Waals surface area (Å²) in [4.78, 5) is 15.1. The van der Waals surface area contributed by atoms with Gasteiger partial charge in [-0.15, -0.1) is 11.3 Å². The molecule has 1 N–H and O–H groups in total. The summed E-state index contributed by atoms with van der Waals surface area (Å²) in [6.45, 7) is 4.94. The molecular weight excluding hydrogens is 422 g/mol. The minimum atomic E-state index is -3.44. The maximum atomic E-state index is 12.7. The fourth-order valence-electron chi connectivity index (χ4n) is 3.91. The topological polar surface area (TPSA) is 79.0 Å². The van der Waals surface area contributed by atoms with Gasteiger partial charge in [0.1, 0.15) is 4.21 Å². The van der Waals surface area contributed by atoms with Gasteiger partial charge in [-0.2, -0.15) is 4.31 Å². The zero-order valence-corrected chi connectivity index (χ0v) is 18.5. The van der Waals surface area contributed by atoms with Crippen LogP contribution in [0.1, 0.15) is 18.4 Å². The molecule has 0 bridgehead atoms. The lowest BCUT2D eigenvalue weighted by Gasteiger charge is -2.30. The van der Waals surface area contributed by atoms with Gasteiger partial charge >= 0.3 is 0 Å². The predicted octanol–water partition coefficient (Wildman–Crippen LogP) is 2.62. The van der Waals surface area contributed by atoms with Crippen LogP contribution in [0.2, 0.25) is 0 Å². The minimum absolute atomic E-state index is 0.0355. The lowest BCUT2D eigenvalue weighted by Crippen LogP contribution is -2.41. The van der Waals surface area contributed by atoms with Crippen molar-refractivity contribution in [2.24, 2.45) is 5.92 Å². The van der Waals surface area contributed by atoms with E-state index in [-0.39, 0.29) is 11.8 Å². The third kappa shape index (κ3) is 5.09. The van der Waals surface area contributed by atoms with Crippen LogP contribution in [-0.4, -0.2) is 62.9 Å². The highest BCUT2D eigenvalue weighted by molar-refractivity contribution is 7.91. The van der Waals surface area contributed by atoms with Gasteiger partial charge in [0, 0.05) is 44.3 Å². The molecule has 0 radical (unpaired) electrons. The normalized spacial score (nSPS) is 19.6. The monoisotopic (exact) mass is 449 g/mol. The van der Waals surface area contributed by atoms with Crippen molar-refractivity contribution in [3.8, 4) is 0 Å². The van der Waals surface area contributed by atoms with Crippen molar-refractivity contribution in [3.05, 3.63) is 47.3 Å². The maximum Gasteiger partial charge on any atom is 0.252 e. The molecule has 0 saturated carbocycles. The molecule has 2 saturated heterocycles. The first-order chi connectivity index (χ1) is 14.5. The molecule has 0 atom stereocenters. The Bertz CT molecular complexity index is 948. The van der Waals surface area contributed by atoms with Gasteiger partial charge in [-0.1, -0.05) is 18.2 Å². The number of anilines is 1. The number of nitrogens with zero attached hydrogens (tertiary/aromatic N) is 2. The first-order valence-electron chi connectivity index (χ1n) is 10.3. The number of amides is 1. The standard InChI is InChI=1S/C21H27N3O4S2/c25-21(18-6-8-24(9-7-18)30(26,27)20-5-2-14-29-20)22-19-4-1-3-17(15-19)16-23-10-12-28-13-11-23/h1-5,14-15,18H,6-13,16H2,(H,22,25). The average Bonchev–Trinajstić information content (AvgIpc) is 3.31. The number of rotatable bonds is 6. The Kier molecular flexibility index (Phi) is 6.84. The highest BCUT2D eigenvalue weighted by Gasteiger charge is 2.32. The van der Waals surface area contributed by atoms with E-state index < -0.39 is 10.0 Å². The van der Waals surface area contributed by atoms with Crippen LogP contribution in [0.25, 0.3) is 0 Å². The number of thiophene rings is 1. The van der Waals surface area contributed by atoms with Crippen LogP contribution in [0.5, 0.6) is 0 Å². The molecule has 30 heavy (non-hydrogen) atoms. The molecule has 3 heterocycles. The number of carbonyl (C=O) groups excluding carboxylic acids is 1. The molecule has 1 aromatic carbocycles. The van der Waals surface area contributed by atoms with Gasteiger partial charge in [-0.3, -0.25) is 9.69 Å². The van der Waals surface area contributed by atoms with Gasteiger partial charge in [-0.05, 0) is 42.0 Å². The molecule has 9 heteroatoms. The molecule has 0 spiro atoms. The van der Waals surface area contributed by atoms with Crippen LogP contribution in [0.4, 0.5) is 5.69 Å². The lowest BCUT2D eigenvalue weighted by atomic mass is 9.97. The summed E-state index contributed by atoms with van der Waals surface area (Å²) in [6.07, 6.45) is 1.06. The number of carbonyl (C=O) groups is 1. The van der Waals surface area contributed by atoms with Crippen LogP contribution in [0, 0.1) is 5.92 Å². The smallest absolute Gasteiger partial charge is 0.252 e. The molecule has 1 amide bonds. The maximum absolute atomic E-state index is 12.7. The highest BCUT2D eigenvalue weighted by Crippen LogP contribution is 2.27. The largest absolute Gasteiger partial charge is 0.379 e. The fraction of sp³-hybridized carbons (Fsp3) is 0.476. The van der Waals surface area contributed by atoms with Crippen molar-refractivity contribution in [1.82, 2.24) is 9.21 Å². The second-order valence-corrected chi connectivity index (χ2v) is 10.8. The Morgan fingerprint density at radius 3 is 2.57 bits per heavy atom. The van der Waals surface area contributed by atoms with Crippen molar-refractivity contribution >= 4 is 33.0 Å². The van der Waals surface area contributed by atoms with Gasteiger partial charge < -0.3 is 10.1 Å². The summed E-state index contributed by atoms with van der Waals surface area (Å²) in [5.41, 5.74) is 1.95. The summed E-state index contributed by atoms with van der Waals surface area (Å²) in [5.74, 6) is -0.214. The molecule has 1 aromatic heterocycles. The number of piperidine rings is 1. The minimum Gasteiger partial charge on any atom is -0.379 e. The zero-order chi connectivity index (χ0) is 21.0. The number of hydrogen-bond donors (Lipinski definition) is 1. The van der Waals surface area contributed by atoms with E-state index in [9.17, 15) is 13.2 Å². The quantitative estimate of drug-likeness (QED) is 0.734. The van der Waals surface area contributed by atoms with E-state index in [0.29, 0.717) is 30.1 Å². The average molecular weight is 450 g/mol. The van der Waals surface area contributed by atoms with Gasteiger partial charge in [0.2, 0.25) is 5.91 Å². The van der Waals surface area contributed by atoms with Gasteiger partial charge in [0.15, 0.2) is 0 Å². The number of ether oxygens (including phenoxy) is 1. The van der Waals surface area contributed by atoms with E-state index >= 15 is 0 Å². The van der Waals surface area contributed by atoms with E-state index in [4.69, 9.17) is 4.74 Å². The third-order valence-corrected chi connectivity index (χ3v) is 8.89. The number of benzene rings is 1. The van der Waals surface area contributed by atoms with Crippen molar-refractivity contribution < 1.29 is 17.9 Å². The van der Waals surface area contributed by atoms with E-state index in [1.165, 1.54) is 15.6 Å². The molecule has 7 nitrogen and oxygen atoms in total. The van der Waals surface area contributed by atoms with Crippen molar-refractivity contribution in [2.75, 3.05) is 44.7 Å². The molecule has 0 unspecified atom stereocenters. The molecule has 2 aromatic rings. The second kappa shape index (κ2) is 9.57. The number of hydrogen-bond acceptors (Lipinski definition) is 6. The van der Waals surface area contributed by atoms with Crippen LogP contribution in [0.15, 0.2) is 46.0 Å². The van der Waals surface area contributed by atoms with Gasteiger partial charge in [0.05, 0.1) is 13.2 Å². The van der Waals surface area contributed by atoms with Crippen LogP contribution in [-0.2, 0) is 26.1 Å². The Hall–Kier alpha value is -1.78. The van der Waals surface area contributed by atoms with Crippen molar-refractivity contribution in [1.29, 1.82) is 0 Å². The summed E-state index contributed by atoms with van der Waals surface area (Å²) < 4.78 is 32.5. The summed E-state index contributed by atoms with van der Waals surface area (Å²) in [6, 6.07) is 11.3. The molecule has 2 fully saturated rings. The first kappa shape index (κ1) is 21.5. The summed E-state index contributed by atoms with van der Waals surface area (Å²) >= 11 is 1.23. The van der Waals surface area contributed by atoms with E-state index in [1.54, 1.807) is 17.5 Å². The SMILES string of the molecule is O=C(Nc1cccc(CN2CCOCC2)c1)C1CCN(S(=O)(=O)c2cccs2)CC1.